The first-order valence-corrected chi connectivity index (χ1v) is 8.05. The molecular formula is C17H13BrF2N2O3. The maximum Gasteiger partial charge on any atom is 0.388 e. The molecule has 3 aromatic rings. The standard InChI is InChI=1S/C17H13BrF2N2O3/c1-24-12-5-2-10(3-6-12)9-22-16(23)14-8-11(18)4-7-13(14)15(21-22)25-17(19)20/h2-8,17H,9H2,1H3. The van der Waals surface area contributed by atoms with Crippen LogP contribution in [0, 0.1) is 0 Å². The number of rotatable bonds is 5. The minimum atomic E-state index is -3.04. The van der Waals surface area contributed by atoms with Crippen molar-refractivity contribution in [1.82, 2.24) is 9.78 Å². The van der Waals surface area contributed by atoms with E-state index in [1.54, 1.807) is 43.5 Å². The van der Waals surface area contributed by atoms with E-state index in [0.29, 0.717) is 10.2 Å². The van der Waals surface area contributed by atoms with E-state index in [-0.39, 0.29) is 23.2 Å². The lowest BCUT2D eigenvalue weighted by molar-refractivity contribution is -0.0527. The Hall–Kier alpha value is -2.48. The Balaban J connectivity index is 2.09. The molecule has 0 spiro atoms. The van der Waals surface area contributed by atoms with E-state index < -0.39 is 12.2 Å². The molecule has 3 rings (SSSR count). The van der Waals surface area contributed by atoms with Crippen molar-refractivity contribution in [2.75, 3.05) is 7.11 Å². The number of hydrogen-bond donors (Lipinski definition) is 0. The molecule has 0 unspecified atom stereocenters. The van der Waals surface area contributed by atoms with Crippen molar-refractivity contribution in [3.8, 4) is 11.6 Å². The number of ether oxygens (including phenoxy) is 2. The largest absolute Gasteiger partial charge is 0.497 e. The molecule has 25 heavy (non-hydrogen) atoms. The van der Waals surface area contributed by atoms with Crippen LogP contribution < -0.4 is 15.0 Å². The maximum absolute atomic E-state index is 12.7. The summed E-state index contributed by atoms with van der Waals surface area (Å²) in [7, 11) is 1.55. The first kappa shape index (κ1) is 17.3. The van der Waals surface area contributed by atoms with E-state index in [0.717, 1.165) is 10.2 Å². The molecule has 0 aliphatic carbocycles. The fraction of sp³-hybridized carbons (Fsp3) is 0.176. The van der Waals surface area contributed by atoms with Crippen LogP contribution >= 0.6 is 15.9 Å². The van der Waals surface area contributed by atoms with Gasteiger partial charge in [0.25, 0.3) is 5.56 Å². The molecule has 0 N–H and O–H groups in total. The van der Waals surface area contributed by atoms with Crippen LogP contribution in [-0.2, 0) is 6.54 Å². The van der Waals surface area contributed by atoms with Gasteiger partial charge in [-0.2, -0.15) is 8.78 Å². The van der Waals surface area contributed by atoms with Crippen LogP contribution in [0.2, 0.25) is 0 Å². The number of benzene rings is 2. The lowest BCUT2D eigenvalue weighted by Crippen LogP contribution is -2.25. The van der Waals surface area contributed by atoms with Crippen LogP contribution in [-0.4, -0.2) is 23.5 Å². The summed E-state index contributed by atoms with van der Waals surface area (Å²) in [6, 6.07) is 11.7. The second-order valence-electron chi connectivity index (χ2n) is 5.18. The molecule has 0 saturated carbocycles. The minimum Gasteiger partial charge on any atom is -0.497 e. The van der Waals surface area contributed by atoms with Crippen LogP contribution in [0.1, 0.15) is 5.56 Å². The molecule has 0 radical (unpaired) electrons. The van der Waals surface area contributed by atoms with E-state index in [2.05, 4.69) is 25.8 Å². The number of aromatic nitrogens is 2. The summed E-state index contributed by atoms with van der Waals surface area (Å²) in [5.74, 6) is 0.388. The lowest BCUT2D eigenvalue weighted by atomic mass is 10.2. The third-order valence-electron chi connectivity index (χ3n) is 3.58. The Bertz CT molecular complexity index is 959. The molecule has 2 aromatic carbocycles. The van der Waals surface area contributed by atoms with Crippen molar-refractivity contribution in [3.63, 3.8) is 0 Å². The van der Waals surface area contributed by atoms with Gasteiger partial charge in [0.1, 0.15) is 5.75 Å². The van der Waals surface area contributed by atoms with Crippen LogP contribution in [0.25, 0.3) is 10.8 Å². The predicted molar refractivity (Wildman–Crippen MR) is 92.4 cm³/mol. The normalized spacial score (nSPS) is 11.1. The van der Waals surface area contributed by atoms with E-state index >= 15 is 0 Å². The first-order valence-electron chi connectivity index (χ1n) is 7.26. The summed E-state index contributed by atoms with van der Waals surface area (Å²) < 4.78 is 36.7. The number of alkyl halides is 2. The van der Waals surface area contributed by atoms with Gasteiger partial charge in [0.2, 0.25) is 5.88 Å². The smallest absolute Gasteiger partial charge is 0.388 e. The summed E-state index contributed by atoms with van der Waals surface area (Å²) >= 11 is 3.28. The molecule has 1 aromatic heterocycles. The highest BCUT2D eigenvalue weighted by Gasteiger charge is 2.15. The summed E-state index contributed by atoms with van der Waals surface area (Å²) in [6.45, 7) is -2.92. The summed E-state index contributed by atoms with van der Waals surface area (Å²) in [5, 5.41) is 4.44. The van der Waals surface area contributed by atoms with Gasteiger partial charge in [-0.15, -0.1) is 5.10 Å². The summed E-state index contributed by atoms with van der Waals surface area (Å²) in [4.78, 5) is 12.7. The van der Waals surface area contributed by atoms with Gasteiger partial charge in [-0.25, -0.2) is 4.68 Å². The van der Waals surface area contributed by atoms with Gasteiger partial charge in [-0.05, 0) is 35.9 Å². The molecule has 0 fully saturated rings. The molecule has 0 aliphatic rings. The zero-order valence-electron chi connectivity index (χ0n) is 13.1. The molecule has 5 nitrogen and oxygen atoms in total. The van der Waals surface area contributed by atoms with Gasteiger partial charge < -0.3 is 9.47 Å². The van der Waals surface area contributed by atoms with Gasteiger partial charge in [-0.1, -0.05) is 28.1 Å². The third-order valence-corrected chi connectivity index (χ3v) is 4.07. The van der Waals surface area contributed by atoms with E-state index in [9.17, 15) is 13.6 Å². The van der Waals surface area contributed by atoms with Gasteiger partial charge in [0.15, 0.2) is 0 Å². The van der Waals surface area contributed by atoms with E-state index in [1.165, 1.54) is 6.07 Å². The highest BCUT2D eigenvalue weighted by Crippen LogP contribution is 2.25. The Labute approximate surface area is 149 Å². The zero-order valence-corrected chi connectivity index (χ0v) is 14.7. The van der Waals surface area contributed by atoms with Crippen molar-refractivity contribution in [1.29, 1.82) is 0 Å². The number of hydrogen-bond acceptors (Lipinski definition) is 4. The fourth-order valence-corrected chi connectivity index (χ4v) is 2.77. The van der Waals surface area contributed by atoms with Gasteiger partial charge >= 0.3 is 6.61 Å². The second kappa shape index (κ2) is 7.18. The molecule has 0 aliphatic heterocycles. The zero-order chi connectivity index (χ0) is 18.0. The van der Waals surface area contributed by atoms with Crippen LogP contribution in [0.3, 0.4) is 0 Å². The Kier molecular flexibility index (Phi) is 4.98. The molecule has 8 heteroatoms. The van der Waals surface area contributed by atoms with Crippen molar-refractivity contribution in [3.05, 3.63) is 62.9 Å². The Morgan fingerprint density at radius 3 is 2.52 bits per heavy atom. The van der Waals surface area contributed by atoms with Crippen LogP contribution in [0.5, 0.6) is 11.6 Å². The van der Waals surface area contributed by atoms with Gasteiger partial charge in [-0.3, -0.25) is 4.79 Å². The summed E-state index contributed by atoms with van der Waals surface area (Å²) in [5.41, 5.74) is 0.376. The number of nitrogens with zero attached hydrogens (tertiary/aromatic N) is 2. The molecule has 0 saturated heterocycles. The van der Waals surface area contributed by atoms with Gasteiger partial charge in [0, 0.05) is 4.47 Å². The van der Waals surface area contributed by atoms with Crippen LogP contribution in [0.4, 0.5) is 8.78 Å². The third kappa shape index (κ3) is 3.79. The Morgan fingerprint density at radius 2 is 1.88 bits per heavy atom. The predicted octanol–water partition coefficient (Wildman–Crippen LogP) is 3.82. The topological polar surface area (TPSA) is 53.4 Å². The van der Waals surface area contributed by atoms with Crippen molar-refractivity contribution >= 4 is 26.7 Å². The molecule has 0 amide bonds. The quantitative estimate of drug-likeness (QED) is 0.641. The molecule has 0 atom stereocenters. The van der Waals surface area contributed by atoms with Crippen molar-refractivity contribution in [2.24, 2.45) is 0 Å². The molecule has 130 valence electrons. The van der Waals surface area contributed by atoms with Crippen molar-refractivity contribution < 1.29 is 18.3 Å². The minimum absolute atomic E-state index is 0.116. The number of fused-ring (bicyclic) bond motifs is 1. The van der Waals surface area contributed by atoms with E-state index in [1.807, 2.05) is 0 Å². The fourth-order valence-electron chi connectivity index (χ4n) is 2.41. The molecule has 1 heterocycles. The first-order chi connectivity index (χ1) is 12.0. The molecule has 0 bridgehead atoms. The highest BCUT2D eigenvalue weighted by atomic mass is 79.9. The summed E-state index contributed by atoms with van der Waals surface area (Å²) in [6.07, 6.45) is 0. The average molecular weight is 411 g/mol. The highest BCUT2D eigenvalue weighted by molar-refractivity contribution is 9.10. The SMILES string of the molecule is COc1ccc(Cn2nc(OC(F)F)c3ccc(Br)cc3c2=O)cc1. The monoisotopic (exact) mass is 410 g/mol. The lowest BCUT2D eigenvalue weighted by Gasteiger charge is -2.12. The average Bonchev–Trinajstić information content (AvgIpc) is 2.59. The number of halogens is 3. The number of methoxy groups -OCH3 is 1. The van der Waals surface area contributed by atoms with Crippen molar-refractivity contribution in [2.45, 2.75) is 13.2 Å². The van der Waals surface area contributed by atoms with E-state index in [4.69, 9.17) is 4.74 Å². The molecular weight excluding hydrogens is 398 g/mol. The van der Waals surface area contributed by atoms with Gasteiger partial charge in [0.05, 0.1) is 24.4 Å². The second-order valence-corrected chi connectivity index (χ2v) is 6.10. The van der Waals surface area contributed by atoms with Crippen LogP contribution in [0.15, 0.2) is 51.7 Å². The Morgan fingerprint density at radius 1 is 1.16 bits per heavy atom. The maximum atomic E-state index is 12.7.